The fourth-order valence-electron chi connectivity index (χ4n) is 5.23. The van der Waals surface area contributed by atoms with E-state index in [1.54, 1.807) is 0 Å². The monoisotopic (exact) mass is 517 g/mol. The summed E-state index contributed by atoms with van der Waals surface area (Å²) in [4.78, 5) is 27.8. The Bertz CT molecular complexity index is 1080. The molecular weight excluding hydrogens is 483 g/mol. The first kappa shape index (κ1) is 27.0. The van der Waals surface area contributed by atoms with Crippen molar-refractivity contribution in [3.8, 4) is 5.75 Å². The third-order valence-electron chi connectivity index (χ3n) is 7.35. The molecule has 0 saturated carbocycles. The minimum Gasteiger partial charge on any atom is -0.491 e. The number of nitrogens with zero attached hydrogens (tertiary/aromatic N) is 1. The molecule has 0 radical (unpaired) electrons. The molecule has 2 amide bonds. The molecule has 0 unspecified atom stereocenters. The van der Waals surface area contributed by atoms with E-state index < -0.39 is 17.2 Å². The molecule has 0 aromatic heterocycles. The number of carbonyl (C=O) groups is 2. The van der Waals surface area contributed by atoms with Gasteiger partial charge in [-0.3, -0.25) is 14.5 Å². The Hall–Kier alpha value is -3.07. The molecule has 1 saturated heterocycles. The van der Waals surface area contributed by atoms with Crippen molar-refractivity contribution in [1.82, 2.24) is 10.2 Å². The minimum absolute atomic E-state index is 0.0386. The van der Waals surface area contributed by atoms with E-state index in [0.717, 1.165) is 50.0 Å². The van der Waals surface area contributed by atoms with Gasteiger partial charge in [0.2, 0.25) is 11.8 Å². The van der Waals surface area contributed by atoms with E-state index in [4.69, 9.17) is 4.74 Å². The SMILES string of the molecule is O=C(CN1CCC2(CCCCCc3ccccc3OCCNC2=O)CC1)Nc1cccc(C(F)(F)F)c1. The lowest BCUT2D eigenvalue weighted by atomic mass is 9.73. The van der Waals surface area contributed by atoms with Gasteiger partial charge in [0.1, 0.15) is 12.4 Å². The van der Waals surface area contributed by atoms with Crippen LogP contribution in [0.1, 0.15) is 49.7 Å². The zero-order valence-electron chi connectivity index (χ0n) is 20.9. The number of amides is 2. The van der Waals surface area contributed by atoms with Gasteiger partial charge in [0, 0.05) is 5.69 Å². The normalized spacial score (nSPS) is 19.4. The van der Waals surface area contributed by atoms with Crippen LogP contribution in [-0.2, 0) is 22.2 Å². The number of halogens is 3. The fraction of sp³-hybridized carbons (Fsp3) is 0.500. The number of carbonyl (C=O) groups excluding carboxylic acids is 2. The van der Waals surface area contributed by atoms with E-state index in [1.165, 1.54) is 17.7 Å². The lowest BCUT2D eigenvalue weighted by Gasteiger charge is -2.40. The van der Waals surface area contributed by atoms with E-state index in [-0.39, 0.29) is 24.0 Å². The number of anilines is 1. The first-order valence-corrected chi connectivity index (χ1v) is 12.9. The second kappa shape index (κ2) is 12.0. The topological polar surface area (TPSA) is 70.7 Å². The molecular formula is C28H34F3N3O3. The van der Waals surface area contributed by atoms with Gasteiger partial charge >= 0.3 is 6.18 Å². The molecule has 2 aliphatic rings. The largest absolute Gasteiger partial charge is 0.491 e. The Labute approximate surface area is 215 Å². The number of fused-ring (bicyclic) bond motifs is 1. The Balaban J connectivity index is 1.31. The fourth-order valence-corrected chi connectivity index (χ4v) is 5.23. The van der Waals surface area contributed by atoms with E-state index in [9.17, 15) is 22.8 Å². The van der Waals surface area contributed by atoms with E-state index in [2.05, 4.69) is 16.7 Å². The van der Waals surface area contributed by atoms with Crippen LogP contribution >= 0.6 is 0 Å². The van der Waals surface area contributed by atoms with Crippen molar-refractivity contribution >= 4 is 17.5 Å². The average Bonchev–Trinajstić information content (AvgIpc) is 2.88. The van der Waals surface area contributed by atoms with Gasteiger partial charge in [0.25, 0.3) is 0 Å². The summed E-state index contributed by atoms with van der Waals surface area (Å²) in [5.74, 6) is 0.547. The second-order valence-electron chi connectivity index (χ2n) is 9.96. The molecule has 37 heavy (non-hydrogen) atoms. The molecule has 2 aromatic rings. The molecule has 2 N–H and O–H groups in total. The van der Waals surface area contributed by atoms with E-state index in [0.29, 0.717) is 39.1 Å². The number of likely N-dealkylation sites (tertiary alicyclic amines) is 1. The Morgan fingerprint density at radius 2 is 1.81 bits per heavy atom. The molecule has 2 aliphatic heterocycles. The molecule has 2 aromatic carbocycles. The summed E-state index contributed by atoms with van der Waals surface area (Å²) in [6.45, 7) is 2.05. The van der Waals surface area contributed by atoms with Crippen LogP contribution in [-0.4, -0.2) is 49.5 Å². The number of alkyl halides is 3. The highest BCUT2D eigenvalue weighted by Crippen LogP contribution is 2.37. The second-order valence-corrected chi connectivity index (χ2v) is 9.96. The van der Waals surface area contributed by atoms with Gasteiger partial charge in [-0.05, 0) is 75.0 Å². The third-order valence-corrected chi connectivity index (χ3v) is 7.35. The molecule has 1 spiro atoms. The van der Waals surface area contributed by atoms with Crippen molar-refractivity contribution in [1.29, 1.82) is 0 Å². The van der Waals surface area contributed by atoms with Gasteiger partial charge in [0.05, 0.1) is 24.1 Å². The van der Waals surface area contributed by atoms with Crippen LogP contribution in [0.15, 0.2) is 48.5 Å². The number of hydrogen-bond acceptors (Lipinski definition) is 4. The van der Waals surface area contributed by atoms with Crippen LogP contribution in [0.5, 0.6) is 5.75 Å². The first-order valence-electron chi connectivity index (χ1n) is 12.9. The van der Waals surface area contributed by atoms with Crippen molar-refractivity contribution in [3.05, 3.63) is 59.7 Å². The molecule has 6 nitrogen and oxygen atoms in total. The van der Waals surface area contributed by atoms with Crippen LogP contribution in [0.25, 0.3) is 0 Å². The molecule has 9 heteroatoms. The van der Waals surface area contributed by atoms with Gasteiger partial charge in [-0.15, -0.1) is 0 Å². The quantitative estimate of drug-likeness (QED) is 0.599. The lowest BCUT2D eigenvalue weighted by molar-refractivity contribution is -0.137. The molecule has 200 valence electrons. The van der Waals surface area contributed by atoms with Crippen molar-refractivity contribution < 1.29 is 27.5 Å². The number of ether oxygens (including phenoxy) is 1. The number of para-hydroxylation sites is 1. The van der Waals surface area contributed by atoms with Crippen LogP contribution < -0.4 is 15.4 Å². The number of hydrogen-bond donors (Lipinski definition) is 2. The van der Waals surface area contributed by atoms with Crippen LogP contribution in [0.2, 0.25) is 0 Å². The maximum absolute atomic E-state index is 13.3. The highest BCUT2D eigenvalue weighted by molar-refractivity contribution is 5.92. The Kier molecular flexibility index (Phi) is 8.74. The van der Waals surface area contributed by atoms with Gasteiger partial charge < -0.3 is 15.4 Å². The summed E-state index contributed by atoms with van der Waals surface area (Å²) >= 11 is 0. The first-order chi connectivity index (χ1) is 17.7. The molecule has 2 heterocycles. The third kappa shape index (κ3) is 7.25. The summed E-state index contributed by atoms with van der Waals surface area (Å²) < 4.78 is 44.8. The summed E-state index contributed by atoms with van der Waals surface area (Å²) in [5.41, 5.74) is 0.0325. The van der Waals surface area contributed by atoms with Crippen LogP contribution in [0.4, 0.5) is 18.9 Å². The van der Waals surface area contributed by atoms with Crippen LogP contribution in [0.3, 0.4) is 0 Å². The van der Waals surface area contributed by atoms with E-state index in [1.807, 2.05) is 23.1 Å². The van der Waals surface area contributed by atoms with E-state index >= 15 is 0 Å². The molecule has 0 atom stereocenters. The molecule has 4 rings (SSSR count). The van der Waals surface area contributed by atoms with Gasteiger partial charge in [-0.25, -0.2) is 0 Å². The molecule has 0 aliphatic carbocycles. The number of benzene rings is 2. The zero-order chi connectivity index (χ0) is 26.3. The van der Waals surface area contributed by atoms with Crippen molar-refractivity contribution in [3.63, 3.8) is 0 Å². The van der Waals surface area contributed by atoms with Crippen molar-refractivity contribution in [2.75, 3.05) is 38.1 Å². The Morgan fingerprint density at radius 1 is 1.03 bits per heavy atom. The highest BCUT2D eigenvalue weighted by atomic mass is 19.4. The predicted octanol–water partition coefficient (Wildman–Crippen LogP) is 5.04. The standard InChI is InChI=1S/C28H34F3N3O3/c29-28(30,31)22-9-6-10-23(19-22)33-25(35)20-34-16-13-27(14-17-34)12-5-1-2-7-21-8-3-4-11-24(21)37-18-15-32-26(27)36/h3-4,6,8-11,19H,1-2,5,7,12-18,20H2,(H,32,36)(H,33,35). The number of rotatable bonds is 3. The summed E-state index contributed by atoms with van der Waals surface area (Å²) in [6.07, 6.45) is 1.54. The minimum atomic E-state index is -4.47. The van der Waals surface area contributed by atoms with Crippen molar-refractivity contribution in [2.24, 2.45) is 5.41 Å². The maximum atomic E-state index is 13.3. The number of aryl methyl sites for hydroxylation is 1. The zero-order valence-corrected chi connectivity index (χ0v) is 20.9. The Morgan fingerprint density at radius 3 is 2.59 bits per heavy atom. The molecule has 1 fully saturated rings. The summed E-state index contributed by atoms with van der Waals surface area (Å²) in [7, 11) is 0. The van der Waals surface area contributed by atoms with Gasteiger partial charge in [-0.1, -0.05) is 37.1 Å². The number of nitrogens with one attached hydrogen (secondary N) is 2. The number of piperidine rings is 1. The summed E-state index contributed by atoms with van der Waals surface area (Å²) in [6, 6.07) is 12.7. The maximum Gasteiger partial charge on any atom is 0.416 e. The van der Waals surface area contributed by atoms with Crippen LogP contribution in [0, 0.1) is 5.41 Å². The average molecular weight is 518 g/mol. The smallest absolute Gasteiger partial charge is 0.416 e. The van der Waals surface area contributed by atoms with Gasteiger partial charge in [-0.2, -0.15) is 13.2 Å². The van der Waals surface area contributed by atoms with Crippen molar-refractivity contribution in [2.45, 2.75) is 51.1 Å². The molecule has 0 bridgehead atoms. The highest BCUT2D eigenvalue weighted by Gasteiger charge is 2.41. The summed E-state index contributed by atoms with van der Waals surface area (Å²) in [5, 5.41) is 5.63. The van der Waals surface area contributed by atoms with Gasteiger partial charge in [0.15, 0.2) is 0 Å². The predicted molar refractivity (Wildman–Crippen MR) is 135 cm³/mol. The lowest BCUT2D eigenvalue weighted by Crippen LogP contribution is -2.50.